The molecule has 40 heavy (non-hydrogen) atoms. The third kappa shape index (κ3) is 4.24. The van der Waals surface area contributed by atoms with Gasteiger partial charge in [0.25, 0.3) is 0 Å². The summed E-state index contributed by atoms with van der Waals surface area (Å²) in [5.41, 5.74) is 11.6. The van der Waals surface area contributed by atoms with Gasteiger partial charge < -0.3 is 0 Å². The largest absolute Gasteiger partial charge is 0.261 e. The number of fused-ring (bicyclic) bond motifs is 2. The number of rotatable bonds is 4. The molecule has 0 aliphatic rings. The number of aromatic nitrogens is 2. The van der Waals surface area contributed by atoms with Crippen LogP contribution >= 0.6 is 0 Å². The normalized spacial score (nSPS) is 11.2. The molecule has 0 N–H and O–H groups in total. The van der Waals surface area contributed by atoms with Crippen LogP contribution in [-0.2, 0) is 0 Å². The third-order valence-electron chi connectivity index (χ3n) is 7.72. The van der Waals surface area contributed by atoms with Gasteiger partial charge in [-0.1, -0.05) is 97.1 Å². The van der Waals surface area contributed by atoms with Crippen molar-refractivity contribution in [3.05, 3.63) is 145 Å². The second-order valence-electron chi connectivity index (χ2n) is 10.4. The maximum Gasteiger partial charge on any atom is 0.0373 e. The second kappa shape index (κ2) is 9.91. The molecule has 0 radical (unpaired) electrons. The first-order chi connectivity index (χ1) is 19.7. The Labute approximate surface area is 234 Å². The lowest BCUT2D eigenvalue weighted by Gasteiger charge is -2.18. The minimum Gasteiger partial charge on any atom is -0.261 e. The van der Waals surface area contributed by atoms with Gasteiger partial charge in [0, 0.05) is 34.9 Å². The Morgan fingerprint density at radius 3 is 1.07 bits per heavy atom. The zero-order chi connectivity index (χ0) is 27.1. The van der Waals surface area contributed by atoms with Crippen molar-refractivity contribution in [2.24, 2.45) is 0 Å². The first-order valence-corrected chi connectivity index (χ1v) is 13.7. The summed E-state index contributed by atoms with van der Waals surface area (Å²) in [6, 6.07) is 43.7. The lowest BCUT2D eigenvalue weighted by molar-refractivity contribution is 1.20. The predicted octanol–water partition coefficient (Wildman–Crippen LogP) is 10.1. The van der Waals surface area contributed by atoms with E-state index in [2.05, 4.69) is 131 Å². The summed E-state index contributed by atoms with van der Waals surface area (Å²) >= 11 is 0. The Balaban J connectivity index is 1.48. The Morgan fingerprint density at radius 1 is 0.350 bits per heavy atom. The van der Waals surface area contributed by atoms with Crippen LogP contribution in [0.25, 0.3) is 66.1 Å². The van der Waals surface area contributed by atoms with E-state index in [4.69, 9.17) is 0 Å². The zero-order valence-electron chi connectivity index (χ0n) is 22.6. The fourth-order valence-corrected chi connectivity index (χ4v) is 5.74. The molecule has 2 heteroatoms. The molecule has 0 spiro atoms. The van der Waals surface area contributed by atoms with Crippen LogP contribution in [0.2, 0.25) is 0 Å². The van der Waals surface area contributed by atoms with Crippen molar-refractivity contribution in [3.63, 3.8) is 0 Å². The van der Waals surface area contributed by atoms with Crippen LogP contribution in [0.4, 0.5) is 0 Å². The van der Waals surface area contributed by atoms with Gasteiger partial charge in [0.1, 0.15) is 0 Å². The van der Waals surface area contributed by atoms with Gasteiger partial charge in [-0.3, -0.25) is 9.97 Å². The van der Waals surface area contributed by atoms with Crippen LogP contribution in [-0.4, -0.2) is 9.97 Å². The number of nitrogens with zero attached hydrogens (tertiary/aromatic N) is 2. The molecule has 2 nitrogen and oxygen atoms in total. The van der Waals surface area contributed by atoms with Gasteiger partial charge in [0.05, 0.1) is 0 Å². The number of pyridine rings is 2. The average Bonchev–Trinajstić information content (AvgIpc) is 3.00. The smallest absolute Gasteiger partial charge is 0.0373 e. The van der Waals surface area contributed by atoms with E-state index in [0.717, 1.165) is 22.5 Å². The highest BCUT2D eigenvalue weighted by Gasteiger charge is 2.17. The molecule has 0 saturated carbocycles. The summed E-state index contributed by atoms with van der Waals surface area (Å²) in [4.78, 5) is 9.06. The molecule has 0 atom stereocenters. The van der Waals surface area contributed by atoms with Gasteiger partial charge in [-0.05, 0) is 93.0 Å². The lowest BCUT2D eigenvalue weighted by Crippen LogP contribution is -1.92. The molecule has 7 aromatic rings. The highest BCUT2D eigenvalue weighted by atomic mass is 14.7. The molecule has 2 aromatic heterocycles. The lowest BCUT2D eigenvalue weighted by atomic mass is 9.85. The van der Waals surface area contributed by atoms with E-state index in [9.17, 15) is 0 Å². The van der Waals surface area contributed by atoms with E-state index >= 15 is 0 Å². The Hall–Kier alpha value is -5.08. The molecule has 2 heterocycles. The molecule has 0 fully saturated rings. The van der Waals surface area contributed by atoms with E-state index < -0.39 is 0 Å². The highest BCUT2D eigenvalue weighted by Crippen LogP contribution is 2.44. The van der Waals surface area contributed by atoms with Gasteiger partial charge in [-0.15, -0.1) is 0 Å². The molecule has 5 aromatic carbocycles. The predicted molar refractivity (Wildman–Crippen MR) is 168 cm³/mol. The zero-order valence-corrected chi connectivity index (χ0v) is 22.6. The number of hydrogen-bond acceptors (Lipinski definition) is 2. The van der Waals surface area contributed by atoms with Crippen molar-refractivity contribution in [3.8, 4) is 44.5 Å². The molecule has 0 aliphatic carbocycles. The maximum absolute atomic E-state index is 4.53. The standard InChI is InChI=1S/C38H28N2/c1-25-17-19-31(23-39-25)27-9-7-11-29(21-27)37-33-13-3-5-15-35(33)38(36-16-6-4-14-34(36)37)30-12-8-10-28(22-30)32-20-18-26(2)40-24-32/h3-24H,1-2H3. The van der Waals surface area contributed by atoms with Crippen molar-refractivity contribution in [2.75, 3.05) is 0 Å². The van der Waals surface area contributed by atoms with Gasteiger partial charge in [0.15, 0.2) is 0 Å². The Morgan fingerprint density at radius 2 is 0.725 bits per heavy atom. The molecular formula is C38H28N2. The van der Waals surface area contributed by atoms with Crippen molar-refractivity contribution in [1.29, 1.82) is 0 Å². The van der Waals surface area contributed by atoms with Crippen LogP contribution in [0, 0.1) is 13.8 Å². The summed E-state index contributed by atoms with van der Waals surface area (Å²) in [6.07, 6.45) is 3.93. The minimum absolute atomic E-state index is 1.02. The molecular weight excluding hydrogens is 484 g/mol. The number of aryl methyl sites for hydroxylation is 2. The average molecular weight is 513 g/mol. The Bertz CT molecular complexity index is 1800. The SMILES string of the molecule is Cc1ccc(-c2cccc(-c3c4ccccc4c(-c4cccc(-c5ccc(C)nc5)c4)c4ccccc34)c2)cn1. The van der Waals surface area contributed by atoms with E-state index in [1.807, 2.05) is 26.2 Å². The summed E-state index contributed by atoms with van der Waals surface area (Å²) in [5.74, 6) is 0. The maximum atomic E-state index is 4.53. The van der Waals surface area contributed by atoms with Gasteiger partial charge >= 0.3 is 0 Å². The summed E-state index contributed by atoms with van der Waals surface area (Å²) in [6.45, 7) is 4.04. The van der Waals surface area contributed by atoms with Gasteiger partial charge in [-0.25, -0.2) is 0 Å². The van der Waals surface area contributed by atoms with Crippen LogP contribution in [0.5, 0.6) is 0 Å². The van der Waals surface area contributed by atoms with Crippen LogP contribution < -0.4 is 0 Å². The number of benzene rings is 5. The first-order valence-electron chi connectivity index (χ1n) is 13.7. The van der Waals surface area contributed by atoms with Gasteiger partial charge in [-0.2, -0.15) is 0 Å². The minimum atomic E-state index is 1.02. The molecule has 190 valence electrons. The van der Waals surface area contributed by atoms with Crippen molar-refractivity contribution in [1.82, 2.24) is 9.97 Å². The summed E-state index contributed by atoms with van der Waals surface area (Å²) < 4.78 is 0. The summed E-state index contributed by atoms with van der Waals surface area (Å²) in [7, 11) is 0. The van der Waals surface area contributed by atoms with Crippen molar-refractivity contribution in [2.45, 2.75) is 13.8 Å². The molecule has 0 saturated heterocycles. The quantitative estimate of drug-likeness (QED) is 0.219. The van der Waals surface area contributed by atoms with Crippen molar-refractivity contribution >= 4 is 21.5 Å². The van der Waals surface area contributed by atoms with Gasteiger partial charge in [0.2, 0.25) is 0 Å². The van der Waals surface area contributed by atoms with Crippen LogP contribution in [0.15, 0.2) is 134 Å². The third-order valence-corrected chi connectivity index (χ3v) is 7.72. The fraction of sp³-hybridized carbons (Fsp3) is 0.0526. The van der Waals surface area contributed by atoms with E-state index in [1.165, 1.54) is 54.9 Å². The molecule has 0 amide bonds. The fourth-order valence-electron chi connectivity index (χ4n) is 5.74. The van der Waals surface area contributed by atoms with Crippen molar-refractivity contribution < 1.29 is 0 Å². The monoisotopic (exact) mass is 512 g/mol. The van der Waals surface area contributed by atoms with Crippen LogP contribution in [0.1, 0.15) is 11.4 Å². The highest BCUT2D eigenvalue weighted by molar-refractivity contribution is 6.21. The first kappa shape index (κ1) is 24.0. The molecule has 0 aliphatic heterocycles. The second-order valence-corrected chi connectivity index (χ2v) is 10.4. The van der Waals surface area contributed by atoms with E-state index in [0.29, 0.717) is 0 Å². The Kier molecular flexibility index (Phi) is 5.94. The molecule has 0 unspecified atom stereocenters. The van der Waals surface area contributed by atoms with Crippen LogP contribution in [0.3, 0.4) is 0 Å². The van der Waals surface area contributed by atoms with E-state index in [1.54, 1.807) is 0 Å². The van der Waals surface area contributed by atoms with E-state index in [-0.39, 0.29) is 0 Å². The number of hydrogen-bond donors (Lipinski definition) is 0. The molecule has 7 rings (SSSR count). The summed E-state index contributed by atoms with van der Waals surface area (Å²) in [5, 5.41) is 4.99. The molecule has 0 bridgehead atoms. The topological polar surface area (TPSA) is 25.8 Å².